The molecular weight excluding hydrogens is 350 g/mol. The van der Waals surface area contributed by atoms with Crippen LogP contribution in [0.2, 0.25) is 0 Å². The Labute approximate surface area is 107 Å². The van der Waals surface area contributed by atoms with E-state index >= 15 is 0 Å². The molecule has 0 aliphatic carbocycles. The van der Waals surface area contributed by atoms with Gasteiger partial charge in [-0.25, -0.2) is 4.79 Å². The topological polar surface area (TPSA) is 55.4 Å². The van der Waals surface area contributed by atoms with E-state index in [-0.39, 0.29) is 11.1 Å². The molecule has 0 saturated heterocycles. The van der Waals surface area contributed by atoms with E-state index in [0.29, 0.717) is 14.4 Å². The van der Waals surface area contributed by atoms with Crippen molar-refractivity contribution in [3.8, 4) is 0 Å². The third-order valence-electron chi connectivity index (χ3n) is 1.48. The van der Waals surface area contributed by atoms with Crippen molar-refractivity contribution < 1.29 is 14.3 Å². The molecule has 1 N–H and O–H groups in total. The Kier molecular flexibility index (Phi) is 4.75. The van der Waals surface area contributed by atoms with Crippen molar-refractivity contribution in [3.63, 3.8) is 0 Å². The minimum atomic E-state index is -0.560. The molecule has 1 heterocycles. The first-order chi connectivity index (χ1) is 7.08. The summed E-state index contributed by atoms with van der Waals surface area (Å²) < 4.78 is 5.12. The summed E-state index contributed by atoms with van der Waals surface area (Å²) in [6.07, 6.45) is -0.560. The zero-order valence-electron chi connectivity index (χ0n) is 7.67. The lowest BCUT2D eigenvalue weighted by atomic mass is 10.3. The number of halogens is 2. The monoisotopic (exact) mass is 355 g/mol. The molecular formula is C8H7Br2NO3S. The third-order valence-corrected chi connectivity index (χ3v) is 3.97. The maximum atomic E-state index is 11.3. The van der Waals surface area contributed by atoms with E-state index in [2.05, 4.69) is 41.9 Å². The highest BCUT2D eigenvalue weighted by molar-refractivity contribution is 9.10. The fraction of sp³-hybridized carbons (Fsp3) is 0.250. The number of hydrogen-bond acceptors (Lipinski definition) is 4. The van der Waals surface area contributed by atoms with E-state index in [9.17, 15) is 9.59 Å². The predicted molar refractivity (Wildman–Crippen MR) is 66.2 cm³/mol. The van der Waals surface area contributed by atoms with Gasteiger partial charge in [0, 0.05) is 0 Å². The lowest BCUT2D eigenvalue weighted by Crippen LogP contribution is -2.09. The van der Waals surface area contributed by atoms with Crippen molar-refractivity contribution in [2.75, 3.05) is 17.8 Å². The van der Waals surface area contributed by atoms with Gasteiger partial charge in [0.25, 0.3) is 0 Å². The quantitative estimate of drug-likeness (QED) is 0.668. The molecule has 0 spiro atoms. The Morgan fingerprint density at radius 2 is 2.27 bits per heavy atom. The van der Waals surface area contributed by atoms with E-state index < -0.39 is 6.09 Å². The molecule has 1 aromatic rings. The molecule has 0 aliphatic rings. The van der Waals surface area contributed by atoms with Crippen LogP contribution in [0.25, 0.3) is 0 Å². The average Bonchev–Trinajstić information content (AvgIpc) is 2.59. The minimum Gasteiger partial charge on any atom is -0.453 e. The third kappa shape index (κ3) is 3.29. The number of carbonyl (C=O) groups excluding carboxylic acids is 2. The number of hydrogen-bond donors (Lipinski definition) is 1. The number of carbonyl (C=O) groups is 2. The normalized spacial score (nSPS) is 9.80. The maximum Gasteiger partial charge on any atom is 0.411 e. The van der Waals surface area contributed by atoms with Crippen LogP contribution in [0.3, 0.4) is 0 Å². The van der Waals surface area contributed by atoms with Gasteiger partial charge in [0.05, 0.1) is 21.8 Å². The van der Waals surface area contributed by atoms with Crippen molar-refractivity contribution in [2.24, 2.45) is 0 Å². The minimum absolute atomic E-state index is 0.0291. The highest BCUT2D eigenvalue weighted by Gasteiger charge is 2.14. The van der Waals surface area contributed by atoms with Gasteiger partial charge in [0.15, 0.2) is 5.78 Å². The molecule has 1 amide bonds. The predicted octanol–water partition coefficient (Wildman–Crippen LogP) is 3.27. The second-order valence-corrected chi connectivity index (χ2v) is 4.93. The van der Waals surface area contributed by atoms with Crippen molar-refractivity contribution in [3.05, 3.63) is 15.4 Å². The van der Waals surface area contributed by atoms with Crippen LogP contribution in [0.4, 0.5) is 9.80 Å². The van der Waals surface area contributed by atoms with Crippen molar-refractivity contribution in [1.29, 1.82) is 0 Å². The van der Waals surface area contributed by atoms with E-state index in [1.54, 1.807) is 6.07 Å². The molecule has 0 aromatic carbocycles. The lowest BCUT2D eigenvalue weighted by Gasteiger charge is -1.99. The van der Waals surface area contributed by atoms with Crippen LogP contribution in [-0.4, -0.2) is 24.3 Å². The largest absolute Gasteiger partial charge is 0.453 e. The smallest absolute Gasteiger partial charge is 0.411 e. The number of nitrogens with one attached hydrogen (secondary N) is 1. The second-order valence-electron chi connectivity index (χ2n) is 2.46. The molecule has 15 heavy (non-hydrogen) atoms. The molecule has 0 fully saturated rings. The van der Waals surface area contributed by atoms with Crippen LogP contribution in [0.1, 0.15) is 9.67 Å². The fourth-order valence-electron chi connectivity index (χ4n) is 0.801. The first kappa shape index (κ1) is 12.7. The van der Waals surface area contributed by atoms with Crippen molar-refractivity contribution in [1.82, 2.24) is 0 Å². The van der Waals surface area contributed by atoms with Crippen LogP contribution in [-0.2, 0) is 4.74 Å². The van der Waals surface area contributed by atoms with Crippen LogP contribution < -0.4 is 5.32 Å². The van der Waals surface area contributed by atoms with Gasteiger partial charge in [-0.05, 0) is 22.0 Å². The molecule has 0 atom stereocenters. The molecule has 1 aromatic heterocycles. The Balaban J connectivity index is 2.86. The van der Waals surface area contributed by atoms with Gasteiger partial charge in [-0.15, -0.1) is 11.3 Å². The van der Waals surface area contributed by atoms with Gasteiger partial charge in [-0.2, -0.15) is 0 Å². The Bertz CT molecular complexity index is 391. The van der Waals surface area contributed by atoms with Crippen LogP contribution in [0.15, 0.2) is 10.5 Å². The number of ether oxygens (including phenoxy) is 1. The van der Waals surface area contributed by atoms with Gasteiger partial charge < -0.3 is 4.74 Å². The molecule has 0 bridgehead atoms. The highest BCUT2D eigenvalue weighted by Crippen LogP contribution is 2.33. The molecule has 0 unspecified atom stereocenters. The molecule has 7 heteroatoms. The van der Waals surface area contributed by atoms with E-state index in [1.165, 1.54) is 18.4 Å². The number of anilines is 1. The van der Waals surface area contributed by atoms with E-state index in [4.69, 9.17) is 0 Å². The summed E-state index contributed by atoms with van der Waals surface area (Å²) in [6, 6.07) is 1.67. The van der Waals surface area contributed by atoms with Crippen LogP contribution in [0, 0.1) is 0 Å². The van der Waals surface area contributed by atoms with Crippen LogP contribution in [0.5, 0.6) is 0 Å². The van der Waals surface area contributed by atoms with E-state index in [1.807, 2.05) is 0 Å². The zero-order valence-corrected chi connectivity index (χ0v) is 11.7. The Morgan fingerprint density at radius 1 is 1.60 bits per heavy atom. The van der Waals surface area contributed by atoms with Gasteiger partial charge in [0.2, 0.25) is 0 Å². The number of alkyl halides is 1. The SMILES string of the molecule is COC(=O)Nc1sc(C(=O)CBr)cc1Br. The van der Waals surface area contributed by atoms with Gasteiger partial charge in [-0.1, -0.05) is 15.9 Å². The number of Topliss-reactive ketones (excluding diaryl/α,β-unsaturated/α-hetero) is 1. The zero-order chi connectivity index (χ0) is 11.4. The first-order valence-electron chi connectivity index (χ1n) is 3.82. The van der Waals surface area contributed by atoms with E-state index in [0.717, 1.165) is 0 Å². The molecule has 1 rings (SSSR count). The molecule has 0 saturated carbocycles. The van der Waals surface area contributed by atoms with Gasteiger partial charge >= 0.3 is 6.09 Å². The molecule has 82 valence electrons. The summed E-state index contributed by atoms with van der Waals surface area (Å²) in [5, 5.41) is 3.32. The van der Waals surface area contributed by atoms with Crippen LogP contribution >= 0.6 is 43.2 Å². The Morgan fingerprint density at radius 3 is 2.80 bits per heavy atom. The van der Waals surface area contributed by atoms with Crippen molar-refractivity contribution >= 4 is 60.1 Å². The first-order valence-corrected chi connectivity index (χ1v) is 6.55. The summed E-state index contributed by atoms with van der Waals surface area (Å²) in [5.41, 5.74) is 0. The lowest BCUT2D eigenvalue weighted by molar-refractivity contribution is 0.102. The summed E-state index contributed by atoms with van der Waals surface area (Å²) in [6.45, 7) is 0. The Hall–Kier alpha value is -0.400. The van der Waals surface area contributed by atoms with Crippen molar-refractivity contribution in [2.45, 2.75) is 0 Å². The van der Waals surface area contributed by atoms with Gasteiger partial charge in [-0.3, -0.25) is 10.1 Å². The number of methoxy groups -OCH3 is 1. The number of rotatable bonds is 3. The molecule has 0 aliphatic heterocycles. The highest BCUT2D eigenvalue weighted by atomic mass is 79.9. The summed E-state index contributed by atoms with van der Waals surface area (Å²) in [5.74, 6) is -0.0291. The second kappa shape index (κ2) is 5.62. The molecule has 4 nitrogen and oxygen atoms in total. The number of amides is 1. The summed E-state index contributed by atoms with van der Waals surface area (Å²) >= 11 is 7.52. The number of ketones is 1. The average molecular weight is 357 g/mol. The molecule has 0 radical (unpaired) electrons. The van der Waals surface area contributed by atoms with Gasteiger partial charge in [0.1, 0.15) is 5.00 Å². The standard InChI is InChI=1S/C8H7Br2NO3S/c1-14-8(13)11-7-4(10)2-6(15-7)5(12)3-9/h2H,3H2,1H3,(H,11,13). The summed E-state index contributed by atoms with van der Waals surface area (Å²) in [4.78, 5) is 22.8. The summed E-state index contributed by atoms with van der Waals surface area (Å²) in [7, 11) is 1.28. The maximum absolute atomic E-state index is 11.3. The fourth-order valence-corrected chi connectivity index (χ4v) is 2.88. The number of thiophene rings is 1.